The van der Waals surface area contributed by atoms with Crippen LogP contribution >= 0.6 is 15.9 Å². The number of nitro benzene ring substituents is 1. The number of nitro groups is 1. The molecule has 0 radical (unpaired) electrons. The third-order valence-electron chi connectivity index (χ3n) is 3.57. The van der Waals surface area contributed by atoms with E-state index in [-0.39, 0.29) is 11.4 Å². The third kappa shape index (κ3) is 3.45. The average Bonchev–Trinajstić information content (AvgIpc) is 2.99. The lowest BCUT2D eigenvalue weighted by atomic mass is 10.2. The maximum absolute atomic E-state index is 13.1. The Morgan fingerprint density at radius 2 is 2.08 bits per heavy atom. The molecule has 0 aliphatic rings. The fourth-order valence-corrected chi connectivity index (χ4v) is 2.74. The summed E-state index contributed by atoms with van der Waals surface area (Å²) in [5.74, 6) is -0.978. The van der Waals surface area contributed by atoms with E-state index in [2.05, 4.69) is 31.6 Å². The first-order valence-corrected chi connectivity index (χ1v) is 8.09. The first-order chi connectivity index (χ1) is 12.4. The summed E-state index contributed by atoms with van der Waals surface area (Å²) in [5.41, 5.74) is 1.14. The van der Waals surface area contributed by atoms with Gasteiger partial charge in [-0.15, -0.1) is 5.10 Å². The van der Waals surface area contributed by atoms with Gasteiger partial charge >= 0.3 is 0 Å². The van der Waals surface area contributed by atoms with Crippen LogP contribution in [-0.2, 0) is 0 Å². The second-order valence-electron chi connectivity index (χ2n) is 5.29. The first kappa shape index (κ1) is 17.7. The standard InChI is InChI=1S/C16H11BrFN5O3/c1-9-15(16(24)19-14-6-5-10(18)7-13(14)17)20-21-22(9)11-3-2-4-12(8-11)23(25)26/h2-8H,1H3,(H,19,24). The lowest BCUT2D eigenvalue weighted by Crippen LogP contribution is -2.14. The molecule has 3 aromatic rings. The van der Waals surface area contributed by atoms with Crippen molar-refractivity contribution in [3.63, 3.8) is 0 Å². The molecule has 26 heavy (non-hydrogen) atoms. The zero-order valence-corrected chi connectivity index (χ0v) is 14.9. The summed E-state index contributed by atoms with van der Waals surface area (Å²) >= 11 is 3.17. The van der Waals surface area contributed by atoms with Crippen molar-refractivity contribution >= 4 is 33.2 Å². The molecule has 0 unspecified atom stereocenters. The molecular weight excluding hydrogens is 409 g/mol. The number of hydrogen-bond donors (Lipinski definition) is 1. The van der Waals surface area contributed by atoms with Crippen molar-refractivity contribution in [1.82, 2.24) is 15.0 Å². The molecule has 0 spiro atoms. The molecule has 0 bridgehead atoms. The second-order valence-corrected chi connectivity index (χ2v) is 6.14. The number of aromatic nitrogens is 3. The molecule has 0 saturated carbocycles. The van der Waals surface area contributed by atoms with Crippen LogP contribution in [0.15, 0.2) is 46.9 Å². The Hall–Kier alpha value is -3.14. The van der Waals surface area contributed by atoms with Crippen LogP contribution in [-0.4, -0.2) is 25.8 Å². The fraction of sp³-hybridized carbons (Fsp3) is 0.0625. The highest BCUT2D eigenvalue weighted by molar-refractivity contribution is 9.10. The maximum atomic E-state index is 13.1. The van der Waals surface area contributed by atoms with Crippen molar-refractivity contribution < 1.29 is 14.1 Å². The van der Waals surface area contributed by atoms with Gasteiger partial charge in [0, 0.05) is 16.6 Å². The second kappa shape index (κ2) is 7.00. The molecule has 3 rings (SSSR count). The van der Waals surface area contributed by atoms with Gasteiger partial charge in [0.1, 0.15) is 5.82 Å². The normalized spacial score (nSPS) is 10.6. The summed E-state index contributed by atoms with van der Waals surface area (Å²) in [6.45, 7) is 1.62. The van der Waals surface area contributed by atoms with Crippen molar-refractivity contribution in [1.29, 1.82) is 0 Å². The largest absolute Gasteiger partial charge is 0.319 e. The molecule has 1 heterocycles. The minimum Gasteiger partial charge on any atom is -0.319 e. The highest BCUT2D eigenvalue weighted by Crippen LogP contribution is 2.24. The smallest absolute Gasteiger partial charge is 0.278 e. The van der Waals surface area contributed by atoms with E-state index in [4.69, 9.17) is 0 Å². The predicted molar refractivity (Wildman–Crippen MR) is 94.8 cm³/mol. The minimum absolute atomic E-state index is 0.0488. The van der Waals surface area contributed by atoms with Gasteiger partial charge in [-0.1, -0.05) is 11.3 Å². The van der Waals surface area contributed by atoms with Gasteiger partial charge in [0.15, 0.2) is 5.69 Å². The number of benzene rings is 2. The molecule has 1 N–H and O–H groups in total. The molecule has 132 valence electrons. The Bertz CT molecular complexity index is 1020. The number of carbonyl (C=O) groups excluding carboxylic acids is 1. The van der Waals surface area contributed by atoms with Crippen LogP contribution < -0.4 is 5.32 Å². The molecule has 0 fully saturated rings. The highest BCUT2D eigenvalue weighted by Gasteiger charge is 2.19. The van der Waals surface area contributed by atoms with E-state index < -0.39 is 16.6 Å². The van der Waals surface area contributed by atoms with Gasteiger partial charge in [-0.25, -0.2) is 9.07 Å². The Morgan fingerprint density at radius 3 is 2.77 bits per heavy atom. The van der Waals surface area contributed by atoms with Gasteiger partial charge in [-0.2, -0.15) is 0 Å². The molecule has 0 aliphatic carbocycles. The lowest BCUT2D eigenvalue weighted by Gasteiger charge is -2.07. The molecule has 0 atom stereocenters. The minimum atomic E-state index is -0.536. The molecular formula is C16H11BrFN5O3. The Balaban J connectivity index is 1.90. The molecule has 0 aliphatic heterocycles. The summed E-state index contributed by atoms with van der Waals surface area (Å²) in [7, 11) is 0. The molecule has 8 nitrogen and oxygen atoms in total. The van der Waals surface area contributed by atoms with Gasteiger partial charge in [0.25, 0.3) is 11.6 Å². The Kier molecular flexibility index (Phi) is 4.76. The van der Waals surface area contributed by atoms with Gasteiger partial charge in [0.2, 0.25) is 0 Å². The number of rotatable bonds is 4. The van der Waals surface area contributed by atoms with E-state index in [0.29, 0.717) is 21.5 Å². The Labute approximate surface area is 154 Å². The van der Waals surface area contributed by atoms with Crippen LogP contribution in [0.3, 0.4) is 0 Å². The summed E-state index contributed by atoms with van der Waals surface area (Å²) in [6, 6.07) is 9.68. The van der Waals surface area contributed by atoms with Crippen molar-refractivity contribution in [3.8, 4) is 5.69 Å². The Morgan fingerprint density at radius 1 is 1.31 bits per heavy atom. The van der Waals surface area contributed by atoms with Gasteiger partial charge in [-0.05, 0) is 47.1 Å². The highest BCUT2D eigenvalue weighted by atomic mass is 79.9. The molecule has 10 heteroatoms. The molecule has 1 amide bonds. The van der Waals surface area contributed by atoms with Crippen LogP contribution in [0.5, 0.6) is 0 Å². The van der Waals surface area contributed by atoms with Gasteiger partial charge in [-0.3, -0.25) is 14.9 Å². The van der Waals surface area contributed by atoms with Gasteiger partial charge in [0.05, 0.1) is 22.0 Å². The van der Waals surface area contributed by atoms with Crippen LogP contribution in [0.25, 0.3) is 5.69 Å². The summed E-state index contributed by atoms with van der Waals surface area (Å²) in [6.07, 6.45) is 0. The van der Waals surface area contributed by atoms with E-state index in [0.717, 1.165) is 0 Å². The van der Waals surface area contributed by atoms with Crippen LogP contribution in [0, 0.1) is 22.9 Å². The predicted octanol–water partition coefficient (Wildman–Crippen LogP) is 3.64. The summed E-state index contributed by atoms with van der Waals surface area (Å²) < 4.78 is 14.9. The number of hydrogen-bond acceptors (Lipinski definition) is 5. The number of non-ortho nitro benzene ring substituents is 1. The van der Waals surface area contributed by atoms with Crippen molar-refractivity contribution in [2.24, 2.45) is 0 Å². The molecule has 1 aromatic heterocycles. The van der Waals surface area contributed by atoms with Gasteiger partial charge < -0.3 is 5.32 Å². The SMILES string of the molecule is Cc1c(C(=O)Nc2ccc(F)cc2Br)nnn1-c1cccc([N+](=O)[O-])c1. The topological polar surface area (TPSA) is 103 Å². The van der Waals surface area contributed by atoms with Crippen molar-refractivity contribution in [2.75, 3.05) is 5.32 Å². The third-order valence-corrected chi connectivity index (χ3v) is 4.23. The number of nitrogens with zero attached hydrogens (tertiary/aromatic N) is 4. The number of halogens is 2. The average molecular weight is 420 g/mol. The monoisotopic (exact) mass is 419 g/mol. The van der Waals surface area contributed by atoms with Crippen LogP contribution in [0.4, 0.5) is 15.8 Å². The van der Waals surface area contributed by atoms with Crippen LogP contribution in [0.1, 0.15) is 16.2 Å². The van der Waals surface area contributed by atoms with E-state index >= 15 is 0 Å². The van der Waals surface area contributed by atoms with Crippen molar-refractivity contribution in [2.45, 2.75) is 6.92 Å². The van der Waals surface area contributed by atoms with Crippen LogP contribution in [0.2, 0.25) is 0 Å². The number of amides is 1. The number of anilines is 1. The number of carbonyl (C=O) groups is 1. The summed E-state index contributed by atoms with van der Waals surface area (Å²) in [4.78, 5) is 22.8. The zero-order chi connectivity index (χ0) is 18.8. The zero-order valence-electron chi connectivity index (χ0n) is 13.3. The summed E-state index contributed by atoms with van der Waals surface area (Å²) in [5, 5.41) is 21.3. The number of nitrogens with one attached hydrogen (secondary N) is 1. The van der Waals surface area contributed by atoms with E-state index in [1.165, 1.54) is 41.1 Å². The quantitative estimate of drug-likeness (QED) is 0.513. The van der Waals surface area contributed by atoms with E-state index in [1.54, 1.807) is 13.0 Å². The van der Waals surface area contributed by atoms with E-state index in [1.807, 2.05) is 0 Å². The molecule has 0 saturated heterocycles. The molecule has 2 aromatic carbocycles. The van der Waals surface area contributed by atoms with E-state index in [9.17, 15) is 19.3 Å². The van der Waals surface area contributed by atoms with Crippen molar-refractivity contribution in [3.05, 3.63) is 74.3 Å². The fourth-order valence-electron chi connectivity index (χ4n) is 2.29. The maximum Gasteiger partial charge on any atom is 0.278 e. The lowest BCUT2D eigenvalue weighted by molar-refractivity contribution is -0.384. The first-order valence-electron chi connectivity index (χ1n) is 7.30.